The van der Waals surface area contributed by atoms with Gasteiger partial charge in [0.25, 0.3) is 0 Å². The van der Waals surface area contributed by atoms with Gasteiger partial charge in [-0.3, -0.25) is 4.90 Å². The number of nitrogens with zero attached hydrogens (tertiary/aromatic N) is 3. The average Bonchev–Trinajstić information content (AvgIpc) is 3.12. The van der Waals surface area contributed by atoms with Crippen molar-refractivity contribution in [2.45, 2.75) is 6.54 Å². The van der Waals surface area contributed by atoms with Gasteiger partial charge in [0.15, 0.2) is 0 Å². The summed E-state index contributed by atoms with van der Waals surface area (Å²) in [7, 11) is 0. The first-order chi connectivity index (χ1) is 12.3. The fraction of sp³-hybridized carbons (Fsp3) is 0.250. The van der Waals surface area contributed by atoms with Gasteiger partial charge in [0, 0.05) is 55.9 Å². The minimum Gasteiger partial charge on any atom is -0.369 e. The number of anilines is 1. The van der Waals surface area contributed by atoms with Gasteiger partial charge in [0.2, 0.25) is 0 Å². The molecule has 1 N–H and O–H groups in total. The Balaban J connectivity index is 0.00000131. The van der Waals surface area contributed by atoms with E-state index in [2.05, 4.69) is 50.1 Å². The normalized spacial score (nSPS) is 14.3. The van der Waals surface area contributed by atoms with Crippen molar-refractivity contribution in [3.05, 3.63) is 72.3 Å². The summed E-state index contributed by atoms with van der Waals surface area (Å²) in [6.07, 6.45) is 1.88. The number of piperazine rings is 1. The van der Waals surface area contributed by atoms with Gasteiger partial charge >= 0.3 is 0 Å². The summed E-state index contributed by atoms with van der Waals surface area (Å²) in [5, 5.41) is 0. The highest BCUT2D eigenvalue weighted by Gasteiger charge is 2.18. The maximum atomic E-state index is 13.0. The summed E-state index contributed by atoms with van der Waals surface area (Å²) in [5.74, 6) is 0.560. The fourth-order valence-corrected chi connectivity index (χ4v) is 3.24. The molecule has 1 fully saturated rings. The second-order valence-electron chi connectivity index (χ2n) is 6.36. The zero-order valence-corrected chi connectivity index (χ0v) is 16.5. The number of benzene rings is 2. The van der Waals surface area contributed by atoms with Gasteiger partial charge in [-0.05, 0) is 36.4 Å². The summed E-state index contributed by atoms with van der Waals surface area (Å²) in [6.45, 7) is 4.97. The smallest absolute Gasteiger partial charge is 0.137 e. The SMILES string of the molecule is Cl.Cl.Fc1ccc(-c2ncc(CN3CCN(c4ccccc4)CC3)[nH]2)cc1. The number of halogens is 3. The largest absolute Gasteiger partial charge is 0.369 e. The molecule has 1 aliphatic rings. The Kier molecular flexibility index (Phi) is 7.66. The van der Waals surface area contributed by atoms with E-state index in [1.54, 1.807) is 12.1 Å². The van der Waals surface area contributed by atoms with Crippen molar-refractivity contribution < 1.29 is 4.39 Å². The molecule has 2 aromatic carbocycles. The molecule has 0 amide bonds. The van der Waals surface area contributed by atoms with Crippen LogP contribution in [0.25, 0.3) is 11.4 Å². The van der Waals surface area contributed by atoms with Crippen LogP contribution in [-0.4, -0.2) is 41.0 Å². The summed E-state index contributed by atoms with van der Waals surface area (Å²) in [6, 6.07) is 17.0. The number of rotatable bonds is 4. The Bertz CT molecular complexity index is 816. The molecule has 1 saturated heterocycles. The molecule has 0 bridgehead atoms. The van der Waals surface area contributed by atoms with Crippen LogP contribution in [0.3, 0.4) is 0 Å². The third kappa shape index (κ3) is 5.22. The number of para-hydroxylation sites is 1. The van der Waals surface area contributed by atoms with Crippen LogP contribution >= 0.6 is 24.8 Å². The predicted octanol–water partition coefficient (Wildman–Crippen LogP) is 4.38. The van der Waals surface area contributed by atoms with Crippen LogP contribution < -0.4 is 4.90 Å². The molecular weight excluding hydrogens is 386 g/mol. The van der Waals surface area contributed by atoms with E-state index in [9.17, 15) is 4.39 Å². The summed E-state index contributed by atoms with van der Waals surface area (Å²) in [4.78, 5) is 12.6. The maximum absolute atomic E-state index is 13.0. The summed E-state index contributed by atoms with van der Waals surface area (Å²) >= 11 is 0. The Morgan fingerprint density at radius 1 is 0.889 bits per heavy atom. The van der Waals surface area contributed by atoms with Crippen LogP contribution in [0, 0.1) is 5.82 Å². The lowest BCUT2D eigenvalue weighted by atomic mass is 10.2. The minimum absolute atomic E-state index is 0. The molecule has 144 valence electrons. The van der Waals surface area contributed by atoms with Gasteiger partial charge in [0.1, 0.15) is 11.6 Å². The first-order valence-corrected chi connectivity index (χ1v) is 8.60. The van der Waals surface area contributed by atoms with E-state index >= 15 is 0 Å². The van der Waals surface area contributed by atoms with E-state index in [1.165, 1.54) is 17.8 Å². The maximum Gasteiger partial charge on any atom is 0.137 e. The number of aromatic nitrogens is 2. The lowest BCUT2D eigenvalue weighted by molar-refractivity contribution is 0.247. The second kappa shape index (κ2) is 9.74. The lowest BCUT2D eigenvalue weighted by Gasteiger charge is -2.35. The molecule has 1 aliphatic heterocycles. The first kappa shape index (κ1) is 21.2. The van der Waals surface area contributed by atoms with Crippen LogP contribution in [0.2, 0.25) is 0 Å². The Morgan fingerprint density at radius 3 is 2.22 bits per heavy atom. The van der Waals surface area contributed by atoms with E-state index in [0.717, 1.165) is 49.8 Å². The fourth-order valence-electron chi connectivity index (χ4n) is 3.24. The zero-order valence-electron chi connectivity index (χ0n) is 14.8. The highest BCUT2D eigenvalue weighted by molar-refractivity contribution is 5.85. The van der Waals surface area contributed by atoms with E-state index in [1.807, 2.05) is 6.20 Å². The van der Waals surface area contributed by atoms with Crippen molar-refractivity contribution in [1.82, 2.24) is 14.9 Å². The molecule has 4 rings (SSSR count). The standard InChI is InChI=1S/C20H21FN4.2ClH/c21-17-8-6-16(7-9-17)20-22-14-18(23-20)15-24-10-12-25(13-11-24)19-4-2-1-3-5-19;;/h1-9,14H,10-13,15H2,(H,22,23);2*1H. The van der Waals surface area contributed by atoms with E-state index in [0.29, 0.717) is 0 Å². The number of hydrogen-bond donors (Lipinski definition) is 1. The third-order valence-corrected chi connectivity index (χ3v) is 4.63. The van der Waals surface area contributed by atoms with Gasteiger partial charge < -0.3 is 9.88 Å². The molecule has 0 atom stereocenters. The topological polar surface area (TPSA) is 35.2 Å². The van der Waals surface area contributed by atoms with Crippen LogP contribution in [0.4, 0.5) is 10.1 Å². The molecule has 1 aromatic heterocycles. The van der Waals surface area contributed by atoms with Crippen molar-refractivity contribution >= 4 is 30.5 Å². The van der Waals surface area contributed by atoms with E-state index in [4.69, 9.17) is 0 Å². The van der Waals surface area contributed by atoms with Crippen molar-refractivity contribution in [3.63, 3.8) is 0 Å². The second-order valence-corrected chi connectivity index (χ2v) is 6.36. The quantitative estimate of drug-likeness (QED) is 0.695. The van der Waals surface area contributed by atoms with Crippen LogP contribution in [0.5, 0.6) is 0 Å². The molecule has 0 saturated carbocycles. The molecule has 3 aromatic rings. The monoisotopic (exact) mass is 408 g/mol. The molecule has 4 nitrogen and oxygen atoms in total. The van der Waals surface area contributed by atoms with Crippen molar-refractivity contribution in [1.29, 1.82) is 0 Å². The molecule has 27 heavy (non-hydrogen) atoms. The Morgan fingerprint density at radius 2 is 1.56 bits per heavy atom. The zero-order chi connectivity index (χ0) is 17.1. The van der Waals surface area contributed by atoms with Gasteiger partial charge in [-0.15, -0.1) is 24.8 Å². The number of H-pyrrole nitrogens is 1. The number of hydrogen-bond acceptors (Lipinski definition) is 3. The predicted molar refractivity (Wildman–Crippen MR) is 112 cm³/mol. The first-order valence-electron chi connectivity index (χ1n) is 8.60. The van der Waals surface area contributed by atoms with Gasteiger partial charge in [-0.25, -0.2) is 9.37 Å². The molecule has 0 spiro atoms. The molecule has 0 radical (unpaired) electrons. The van der Waals surface area contributed by atoms with Gasteiger partial charge in [-0.1, -0.05) is 18.2 Å². The van der Waals surface area contributed by atoms with Crippen LogP contribution in [-0.2, 0) is 6.54 Å². The molecule has 2 heterocycles. The van der Waals surface area contributed by atoms with Crippen molar-refractivity contribution in [2.24, 2.45) is 0 Å². The number of aromatic amines is 1. The number of nitrogens with one attached hydrogen (secondary N) is 1. The molecule has 0 aliphatic carbocycles. The third-order valence-electron chi connectivity index (χ3n) is 4.63. The molecule has 0 unspecified atom stereocenters. The van der Waals surface area contributed by atoms with Gasteiger partial charge in [0.05, 0.1) is 0 Å². The Labute approximate surface area is 171 Å². The average molecular weight is 409 g/mol. The molecular formula is C20H23Cl2FN4. The highest BCUT2D eigenvalue weighted by Crippen LogP contribution is 2.19. The van der Waals surface area contributed by atoms with Crippen molar-refractivity contribution in [2.75, 3.05) is 31.1 Å². The van der Waals surface area contributed by atoms with Gasteiger partial charge in [-0.2, -0.15) is 0 Å². The molecule has 7 heteroatoms. The van der Waals surface area contributed by atoms with E-state index < -0.39 is 0 Å². The summed E-state index contributed by atoms with van der Waals surface area (Å²) < 4.78 is 13.0. The van der Waals surface area contributed by atoms with E-state index in [-0.39, 0.29) is 30.6 Å². The summed E-state index contributed by atoms with van der Waals surface area (Å²) in [5.41, 5.74) is 3.29. The lowest BCUT2D eigenvalue weighted by Crippen LogP contribution is -2.46. The number of imidazole rings is 1. The highest BCUT2D eigenvalue weighted by atomic mass is 35.5. The Hall–Kier alpha value is -2.08. The van der Waals surface area contributed by atoms with Crippen molar-refractivity contribution in [3.8, 4) is 11.4 Å². The minimum atomic E-state index is -0.230. The van der Waals surface area contributed by atoms with Crippen LogP contribution in [0.15, 0.2) is 60.8 Å². The van der Waals surface area contributed by atoms with Crippen LogP contribution in [0.1, 0.15) is 5.69 Å².